The Hall–Kier alpha value is -2.63. The highest BCUT2D eigenvalue weighted by atomic mass is 16.1. The highest BCUT2D eigenvalue weighted by Crippen LogP contribution is 2.14. The van der Waals surface area contributed by atoms with E-state index in [9.17, 15) is 4.79 Å². The molecule has 0 aliphatic heterocycles. The molecule has 2 heterocycles. The van der Waals surface area contributed by atoms with Crippen LogP contribution in [0.1, 0.15) is 21.7 Å². The number of carbonyl (C=O) groups is 1. The second-order valence-corrected chi connectivity index (χ2v) is 5.06. The molecule has 6 nitrogen and oxygen atoms in total. The molecule has 0 fully saturated rings. The molecule has 0 aliphatic rings. The average Bonchev–Trinajstić information content (AvgIpc) is 2.98. The van der Waals surface area contributed by atoms with Gasteiger partial charge in [-0.1, -0.05) is 12.1 Å². The molecule has 0 saturated carbocycles. The fraction of sp³-hybridized carbons (Fsp3) is 0.267. The van der Waals surface area contributed by atoms with Crippen molar-refractivity contribution in [2.75, 3.05) is 0 Å². The third-order valence-electron chi connectivity index (χ3n) is 3.71. The summed E-state index contributed by atoms with van der Waals surface area (Å²) >= 11 is 0. The van der Waals surface area contributed by atoms with Crippen LogP contribution in [0.2, 0.25) is 0 Å². The van der Waals surface area contributed by atoms with Gasteiger partial charge in [0, 0.05) is 12.2 Å². The Kier molecular flexibility index (Phi) is 3.21. The summed E-state index contributed by atoms with van der Waals surface area (Å²) in [5.41, 5.74) is 9.46. The first kappa shape index (κ1) is 13.4. The van der Waals surface area contributed by atoms with Gasteiger partial charge in [0.2, 0.25) is 0 Å². The number of nitrogens with zero attached hydrogens (tertiary/aromatic N) is 4. The predicted octanol–water partition coefficient (Wildman–Crippen LogP) is 1.65. The minimum atomic E-state index is -0.427. The number of fused-ring (bicyclic) bond motifs is 1. The number of hydrogen-bond acceptors (Lipinski definition) is 3. The largest absolute Gasteiger partial charge is 0.365 e. The molecule has 0 saturated heterocycles. The van der Waals surface area contributed by atoms with Crippen molar-refractivity contribution in [3.05, 3.63) is 47.5 Å². The van der Waals surface area contributed by atoms with Crippen molar-refractivity contribution in [2.45, 2.75) is 26.9 Å². The molecule has 2 N–H and O–H groups in total. The van der Waals surface area contributed by atoms with Crippen LogP contribution in [0.4, 0.5) is 0 Å². The van der Waals surface area contributed by atoms with Gasteiger partial charge in [-0.05, 0) is 26.0 Å². The fourth-order valence-electron chi connectivity index (χ4n) is 2.66. The molecule has 1 aromatic carbocycles. The van der Waals surface area contributed by atoms with Crippen LogP contribution in [0.5, 0.6) is 0 Å². The number of hydrogen-bond donors (Lipinski definition) is 1. The highest BCUT2D eigenvalue weighted by molar-refractivity contribution is 5.95. The lowest BCUT2D eigenvalue weighted by Crippen LogP contribution is -2.14. The van der Waals surface area contributed by atoms with E-state index in [0.717, 1.165) is 23.3 Å². The lowest BCUT2D eigenvalue weighted by Gasteiger charge is -2.07. The highest BCUT2D eigenvalue weighted by Gasteiger charge is 2.15. The van der Waals surface area contributed by atoms with Crippen LogP contribution >= 0.6 is 0 Å². The molecule has 0 aliphatic carbocycles. The lowest BCUT2D eigenvalue weighted by atomic mass is 10.2. The van der Waals surface area contributed by atoms with Gasteiger partial charge in [0.1, 0.15) is 0 Å². The third kappa shape index (κ3) is 2.29. The van der Waals surface area contributed by atoms with Crippen LogP contribution < -0.4 is 5.73 Å². The minimum absolute atomic E-state index is 0.427. The van der Waals surface area contributed by atoms with Crippen LogP contribution in [0.15, 0.2) is 30.6 Å². The number of aromatic nitrogens is 4. The Morgan fingerprint density at radius 3 is 2.71 bits per heavy atom. The van der Waals surface area contributed by atoms with Crippen molar-refractivity contribution < 1.29 is 4.79 Å². The lowest BCUT2D eigenvalue weighted by molar-refractivity contribution is 0.0999. The van der Waals surface area contributed by atoms with Crippen LogP contribution in [0.3, 0.4) is 0 Å². The monoisotopic (exact) mass is 283 g/mol. The number of nitrogens with two attached hydrogens (primary N) is 1. The minimum Gasteiger partial charge on any atom is -0.365 e. The standard InChI is InChI=1S/C15H17N5O/c1-10-14(15(16)21)11(2)20(18-10)8-7-19-9-17-12-5-3-4-6-13(12)19/h3-6,9H,7-8H2,1-2H3,(H2,16,21). The van der Waals surface area contributed by atoms with E-state index in [1.165, 1.54) is 0 Å². The maximum absolute atomic E-state index is 11.4. The van der Waals surface area contributed by atoms with Crippen molar-refractivity contribution in [1.82, 2.24) is 19.3 Å². The number of benzene rings is 1. The zero-order valence-electron chi connectivity index (χ0n) is 12.1. The summed E-state index contributed by atoms with van der Waals surface area (Å²) in [6.45, 7) is 5.07. The quantitative estimate of drug-likeness (QED) is 0.790. The smallest absolute Gasteiger partial charge is 0.252 e. The van der Waals surface area contributed by atoms with Gasteiger partial charge < -0.3 is 10.3 Å². The molecule has 0 atom stereocenters. The zero-order valence-corrected chi connectivity index (χ0v) is 12.1. The van der Waals surface area contributed by atoms with Gasteiger partial charge in [-0.15, -0.1) is 0 Å². The molecule has 1 amide bonds. The van der Waals surface area contributed by atoms with E-state index in [2.05, 4.69) is 14.6 Å². The molecule has 0 unspecified atom stereocenters. The summed E-state index contributed by atoms with van der Waals surface area (Å²) in [6, 6.07) is 7.99. The summed E-state index contributed by atoms with van der Waals surface area (Å²) < 4.78 is 3.90. The number of rotatable bonds is 4. The van der Waals surface area contributed by atoms with Crippen molar-refractivity contribution in [3.8, 4) is 0 Å². The van der Waals surface area contributed by atoms with Crippen molar-refractivity contribution in [3.63, 3.8) is 0 Å². The molecule has 6 heteroatoms. The van der Waals surface area contributed by atoms with Gasteiger partial charge in [-0.2, -0.15) is 5.10 Å². The third-order valence-corrected chi connectivity index (χ3v) is 3.71. The summed E-state index contributed by atoms with van der Waals surface area (Å²) in [4.78, 5) is 15.8. The normalized spacial score (nSPS) is 11.1. The van der Waals surface area contributed by atoms with Gasteiger partial charge in [0.15, 0.2) is 0 Å². The van der Waals surface area contributed by atoms with Crippen LogP contribution in [-0.4, -0.2) is 25.2 Å². The number of imidazole rings is 1. The second kappa shape index (κ2) is 5.05. The topological polar surface area (TPSA) is 78.7 Å². The summed E-state index contributed by atoms with van der Waals surface area (Å²) in [6.07, 6.45) is 1.82. The van der Waals surface area contributed by atoms with Gasteiger partial charge in [0.05, 0.1) is 35.2 Å². The molecular weight excluding hydrogens is 266 g/mol. The average molecular weight is 283 g/mol. The maximum atomic E-state index is 11.4. The van der Waals surface area contributed by atoms with E-state index < -0.39 is 5.91 Å². The Labute approximate surface area is 122 Å². The molecule has 3 aromatic rings. The van der Waals surface area contributed by atoms with Gasteiger partial charge in [0.25, 0.3) is 5.91 Å². The van der Waals surface area contributed by atoms with Gasteiger partial charge in [-0.3, -0.25) is 9.48 Å². The Bertz CT molecular complexity index is 815. The van der Waals surface area contributed by atoms with E-state index in [1.807, 2.05) is 42.2 Å². The first-order valence-corrected chi connectivity index (χ1v) is 6.81. The molecule has 0 radical (unpaired) electrons. The van der Waals surface area contributed by atoms with Crippen LogP contribution in [0, 0.1) is 13.8 Å². The molecule has 3 rings (SSSR count). The van der Waals surface area contributed by atoms with Crippen molar-refractivity contribution in [2.24, 2.45) is 5.73 Å². The molecular formula is C15H17N5O. The van der Waals surface area contributed by atoms with Crippen molar-refractivity contribution >= 4 is 16.9 Å². The molecule has 21 heavy (non-hydrogen) atoms. The van der Waals surface area contributed by atoms with E-state index >= 15 is 0 Å². The number of primary amides is 1. The molecule has 108 valence electrons. The number of carbonyl (C=O) groups excluding carboxylic acids is 1. The molecule has 2 aromatic heterocycles. The van der Waals surface area contributed by atoms with E-state index in [1.54, 1.807) is 6.92 Å². The first-order valence-electron chi connectivity index (χ1n) is 6.81. The Morgan fingerprint density at radius 2 is 2.00 bits per heavy atom. The summed E-state index contributed by atoms with van der Waals surface area (Å²) in [7, 11) is 0. The first-order chi connectivity index (χ1) is 10.1. The summed E-state index contributed by atoms with van der Waals surface area (Å²) in [5.74, 6) is -0.427. The number of para-hydroxylation sites is 2. The van der Waals surface area contributed by atoms with E-state index in [-0.39, 0.29) is 0 Å². The Morgan fingerprint density at radius 1 is 1.24 bits per heavy atom. The van der Waals surface area contributed by atoms with Crippen LogP contribution in [-0.2, 0) is 13.1 Å². The van der Waals surface area contributed by atoms with Crippen LogP contribution in [0.25, 0.3) is 11.0 Å². The Balaban J connectivity index is 1.85. The van der Waals surface area contributed by atoms with E-state index in [0.29, 0.717) is 17.8 Å². The number of amides is 1. The molecule has 0 bridgehead atoms. The van der Waals surface area contributed by atoms with Gasteiger partial charge >= 0.3 is 0 Å². The van der Waals surface area contributed by atoms with E-state index in [4.69, 9.17) is 5.73 Å². The molecule has 0 spiro atoms. The number of aryl methyl sites for hydroxylation is 3. The zero-order chi connectivity index (χ0) is 15.0. The summed E-state index contributed by atoms with van der Waals surface area (Å²) in [5, 5.41) is 4.39. The maximum Gasteiger partial charge on any atom is 0.252 e. The predicted molar refractivity (Wildman–Crippen MR) is 80.0 cm³/mol. The fourth-order valence-corrected chi connectivity index (χ4v) is 2.66. The van der Waals surface area contributed by atoms with Crippen molar-refractivity contribution in [1.29, 1.82) is 0 Å². The second-order valence-electron chi connectivity index (χ2n) is 5.06. The van der Waals surface area contributed by atoms with Gasteiger partial charge in [-0.25, -0.2) is 4.98 Å². The SMILES string of the molecule is Cc1nn(CCn2cnc3ccccc32)c(C)c1C(N)=O.